The average Bonchev–Trinajstić information content (AvgIpc) is 2.26. The molecular formula is C9H12O6. The van der Waals surface area contributed by atoms with E-state index in [1.54, 1.807) is 0 Å². The topological polar surface area (TPSA) is 78.9 Å². The summed E-state index contributed by atoms with van der Waals surface area (Å²) in [5.41, 5.74) is 0. The van der Waals surface area contributed by atoms with Crippen LogP contribution >= 0.6 is 0 Å². The maximum atomic E-state index is 10.7. The van der Waals surface area contributed by atoms with Crippen molar-refractivity contribution >= 4 is 17.9 Å². The summed E-state index contributed by atoms with van der Waals surface area (Å²) in [6, 6.07) is 0. The molecule has 6 nitrogen and oxygen atoms in total. The van der Waals surface area contributed by atoms with Crippen molar-refractivity contribution in [2.24, 2.45) is 0 Å². The van der Waals surface area contributed by atoms with Crippen LogP contribution in [0.4, 0.5) is 0 Å². The Labute approximate surface area is 86.8 Å². The van der Waals surface area contributed by atoms with Crippen LogP contribution in [-0.4, -0.2) is 38.2 Å². The highest BCUT2D eigenvalue weighted by atomic mass is 16.6. The molecule has 0 aromatic carbocycles. The number of methoxy groups -OCH3 is 1. The van der Waals surface area contributed by atoms with Crippen LogP contribution in [0.3, 0.4) is 0 Å². The summed E-state index contributed by atoms with van der Waals surface area (Å²) in [6.45, 7) is 3.28. The van der Waals surface area contributed by atoms with Crippen LogP contribution in [0.5, 0.6) is 0 Å². The van der Waals surface area contributed by atoms with Crippen LogP contribution in [0.25, 0.3) is 0 Å². The fourth-order valence-corrected chi connectivity index (χ4v) is 0.598. The molecule has 0 bridgehead atoms. The Hall–Kier alpha value is -1.85. The number of rotatable bonds is 5. The Bertz CT molecular complexity index is 257. The van der Waals surface area contributed by atoms with Crippen LogP contribution in [0.1, 0.15) is 6.42 Å². The molecule has 0 unspecified atom stereocenters. The first kappa shape index (κ1) is 13.2. The van der Waals surface area contributed by atoms with Gasteiger partial charge in [0, 0.05) is 12.5 Å². The lowest BCUT2D eigenvalue weighted by Gasteiger charge is -2.03. The Morgan fingerprint density at radius 3 is 2.27 bits per heavy atom. The molecule has 6 heteroatoms. The van der Waals surface area contributed by atoms with Crippen molar-refractivity contribution in [3.05, 3.63) is 12.7 Å². The number of esters is 3. The molecule has 0 aliphatic carbocycles. The summed E-state index contributed by atoms with van der Waals surface area (Å²) in [5.74, 6) is -2.67. The van der Waals surface area contributed by atoms with Gasteiger partial charge >= 0.3 is 17.9 Å². The first-order valence-electron chi connectivity index (χ1n) is 4.16. The van der Waals surface area contributed by atoms with Crippen LogP contribution in [0.2, 0.25) is 0 Å². The van der Waals surface area contributed by atoms with Gasteiger partial charge in [-0.15, -0.1) is 0 Å². The second kappa shape index (κ2) is 7.54. The van der Waals surface area contributed by atoms with Gasteiger partial charge in [0.2, 0.25) is 0 Å². The minimum Gasteiger partial charge on any atom is -0.462 e. The molecule has 0 aliphatic rings. The number of carbonyl (C=O) groups excluding carboxylic acids is 3. The Morgan fingerprint density at radius 2 is 1.73 bits per heavy atom. The van der Waals surface area contributed by atoms with Gasteiger partial charge in [0.15, 0.2) is 0 Å². The molecule has 0 rings (SSSR count). The van der Waals surface area contributed by atoms with Gasteiger partial charge in [-0.05, 0) is 0 Å². The number of ether oxygens (including phenoxy) is 3. The van der Waals surface area contributed by atoms with E-state index in [0.29, 0.717) is 6.42 Å². The number of hydrogen-bond donors (Lipinski definition) is 0. The monoisotopic (exact) mass is 216 g/mol. The molecule has 0 N–H and O–H groups in total. The van der Waals surface area contributed by atoms with E-state index in [2.05, 4.69) is 20.8 Å². The molecule has 0 aliphatic heterocycles. The maximum absolute atomic E-state index is 10.7. The Kier molecular flexibility index (Phi) is 6.61. The lowest BCUT2D eigenvalue weighted by molar-refractivity contribution is -0.166. The van der Waals surface area contributed by atoms with Crippen LogP contribution in [0, 0.1) is 0 Å². The largest absolute Gasteiger partial charge is 0.462 e. The molecule has 0 aromatic rings. The number of carbonyl (C=O) groups is 3. The zero-order chi connectivity index (χ0) is 11.7. The van der Waals surface area contributed by atoms with Crippen molar-refractivity contribution in [2.75, 3.05) is 20.3 Å². The van der Waals surface area contributed by atoms with Crippen molar-refractivity contribution in [3.8, 4) is 0 Å². The van der Waals surface area contributed by atoms with Gasteiger partial charge in [0.05, 0.1) is 20.3 Å². The van der Waals surface area contributed by atoms with Gasteiger partial charge in [-0.25, -0.2) is 14.4 Å². The maximum Gasteiger partial charge on any atom is 0.417 e. The lowest BCUT2D eigenvalue weighted by atomic mass is 10.5. The quantitative estimate of drug-likeness (QED) is 0.208. The summed E-state index contributed by atoms with van der Waals surface area (Å²) >= 11 is 0. The molecule has 0 aromatic heterocycles. The molecule has 15 heavy (non-hydrogen) atoms. The molecule has 84 valence electrons. The highest BCUT2D eigenvalue weighted by Gasteiger charge is 2.14. The van der Waals surface area contributed by atoms with E-state index in [-0.39, 0.29) is 13.2 Å². The fourth-order valence-electron chi connectivity index (χ4n) is 0.598. The van der Waals surface area contributed by atoms with E-state index in [0.717, 1.165) is 13.2 Å². The molecule has 0 fully saturated rings. The van der Waals surface area contributed by atoms with Gasteiger partial charge in [-0.2, -0.15) is 0 Å². The fraction of sp³-hybridized carbons (Fsp3) is 0.444. The van der Waals surface area contributed by atoms with E-state index in [1.807, 2.05) is 0 Å². The van der Waals surface area contributed by atoms with Crippen molar-refractivity contribution in [1.29, 1.82) is 0 Å². The molecular weight excluding hydrogens is 204 g/mol. The molecule has 0 spiro atoms. The van der Waals surface area contributed by atoms with E-state index in [9.17, 15) is 14.4 Å². The third-order valence-corrected chi connectivity index (χ3v) is 1.28. The van der Waals surface area contributed by atoms with Gasteiger partial charge in [-0.1, -0.05) is 6.58 Å². The van der Waals surface area contributed by atoms with E-state index >= 15 is 0 Å². The molecule has 0 amide bonds. The minimum atomic E-state index is -1.06. The Balaban J connectivity index is 3.47. The van der Waals surface area contributed by atoms with Crippen LogP contribution < -0.4 is 0 Å². The van der Waals surface area contributed by atoms with Crippen LogP contribution in [0.15, 0.2) is 12.7 Å². The smallest absolute Gasteiger partial charge is 0.417 e. The minimum absolute atomic E-state index is 0.0155. The summed E-state index contributed by atoms with van der Waals surface area (Å²) < 4.78 is 13.2. The third kappa shape index (κ3) is 6.25. The van der Waals surface area contributed by atoms with Crippen molar-refractivity contribution in [3.63, 3.8) is 0 Å². The molecule has 0 atom stereocenters. The second-order valence-corrected chi connectivity index (χ2v) is 2.35. The highest BCUT2D eigenvalue weighted by Crippen LogP contribution is 1.89. The van der Waals surface area contributed by atoms with Crippen molar-refractivity contribution in [2.45, 2.75) is 6.42 Å². The highest BCUT2D eigenvalue weighted by molar-refractivity contribution is 6.29. The van der Waals surface area contributed by atoms with Gasteiger partial charge in [0.1, 0.15) is 0 Å². The molecule has 0 radical (unpaired) electrons. The first-order valence-corrected chi connectivity index (χ1v) is 4.16. The zero-order valence-corrected chi connectivity index (χ0v) is 8.36. The zero-order valence-electron chi connectivity index (χ0n) is 8.36. The average molecular weight is 216 g/mol. The molecule has 0 saturated carbocycles. The third-order valence-electron chi connectivity index (χ3n) is 1.28. The first-order chi connectivity index (χ1) is 7.11. The van der Waals surface area contributed by atoms with E-state index in [1.165, 1.54) is 0 Å². The summed E-state index contributed by atoms with van der Waals surface area (Å²) in [4.78, 5) is 31.8. The normalized spacial score (nSPS) is 8.87. The van der Waals surface area contributed by atoms with Crippen LogP contribution in [-0.2, 0) is 28.6 Å². The van der Waals surface area contributed by atoms with Crippen molar-refractivity contribution in [1.82, 2.24) is 0 Å². The van der Waals surface area contributed by atoms with Gasteiger partial charge in [0.25, 0.3) is 0 Å². The summed E-state index contributed by atoms with van der Waals surface area (Å²) in [7, 11) is 1.08. The van der Waals surface area contributed by atoms with E-state index in [4.69, 9.17) is 0 Å². The second-order valence-electron chi connectivity index (χ2n) is 2.35. The summed E-state index contributed by atoms with van der Waals surface area (Å²) in [5, 5.41) is 0. The van der Waals surface area contributed by atoms with Gasteiger partial charge < -0.3 is 14.2 Å². The SMILES string of the molecule is C=CC(=O)OCCCOC(=O)C(=O)OC. The Morgan fingerprint density at radius 1 is 1.13 bits per heavy atom. The van der Waals surface area contributed by atoms with Gasteiger partial charge in [-0.3, -0.25) is 0 Å². The predicted molar refractivity (Wildman–Crippen MR) is 48.7 cm³/mol. The lowest BCUT2D eigenvalue weighted by Crippen LogP contribution is -2.19. The molecule has 0 heterocycles. The number of hydrogen-bond acceptors (Lipinski definition) is 6. The van der Waals surface area contributed by atoms with E-state index < -0.39 is 17.9 Å². The summed E-state index contributed by atoms with van der Waals surface area (Å²) in [6.07, 6.45) is 1.34. The van der Waals surface area contributed by atoms with Crippen molar-refractivity contribution < 1.29 is 28.6 Å². The predicted octanol–water partition coefficient (Wildman–Crippen LogP) is -0.178. The standard InChI is InChI=1S/C9H12O6/c1-3-7(10)14-5-4-6-15-9(12)8(11)13-2/h3H,1,4-6H2,2H3. The molecule has 0 saturated heterocycles.